The zero-order chi connectivity index (χ0) is 15.1. The van der Waals surface area contributed by atoms with Crippen molar-refractivity contribution in [2.75, 3.05) is 24.4 Å². The van der Waals surface area contributed by atoms with E-state index in [9.17, 15) is 14.9 Å². The molecule has 0 aliphatic carbocycles. The van der Waals surface area contributed by atoms with Crippen molar-refractivity contribution in [1.82, 2.24) is 5.32 Å². The third-order valence-electron chi connectivity index (χ3n) is 2.84. The zero-order valence-electron chi connectivity index (χ0n) is 11.8. The van der Waals surface area contributed by atoms with Crippen LogP contribution in [0.2, 0.25) is 0 Å². The van der Waals surface area contributed by atoms with Gasteiger partial charge in [-0.2, -0.15) is 11.8 Å². The standard InChI is InChI=1S/C13H19N3O3S/c1-9(6-7-20-3)15-11-8-10(13(17)14-2)4-5-12(11)16(18)19/h4-5,8-9,15H,6-7H2,1-3H3,(H,14,17). The second-order valence-corrected chi connectivity index (χ2v) is 5.38. The summed E-state index contributed by atoms with van der Waals surface area (Å²) in [6.45, 7) is 1.96. The lowest BCUT2D eigenvalue weighted by molar-refractivity contribution is -0.384. The summed E-state index contributed by atoms with van der Waals surface area (Å²) in [6.07, 6.45) is 2.91. The number of amides is 1. The Morgan fingerprint density at radius 2 is 2.20 bits per heavy atom. The van der Waals surface area contributed by atoms with Crippen molar-refractivity contribution < 1.29 is 9.72 Å². The molecular weight excluding hydrogens is 278 g/mol. The van der Waals surface area contributed by atoms with Gasteiger partial charge in [-0.25, -0.2) is 0 Å². The highest BCUT2D eigenvalue weighted by molar-refractivity contribution is 7.98. The fourth-order valence-electron chi connectivity index (χ4n) is 1.73. The maximum atomic E-state index is 11.6. The van der Waals surface area contributed by atoms with E-state index in [0.717, 1.165) is 12.2 Å². The first kappa shape index (κ1) is 16.3. The largest absolute Gasteiger partial charge is 0.377 e. The summed E-state index contributed by atoms with van der Waals surface area (Å²) in [5.74, 6) is 0.705. The molecule has 1 atom stereocenters. The summed E-state index contributed by atoms with van der Waals surface area (Å²) in [5.41, 5.74) is 0.760. The van der Waals surface area contributed by atoms with Crippen molar-refractivity contribution in [1.29, 1.82) is 0 Å². The lowest BCUT2D eigenvalue weighted by Gasteiger charge is -2.15. The molecule has 0 radical (unpaired) electrons. The van der Waals surface area contributed by atoms with Gasteiger partial charge in [-0.1, -0.05) is 0 Å². The Morgan fingerprint density at radius 3 is 2.75 bits per heavy atom. The van der Waals surface area contributed by atoms with Crippen molar-refractivity contribution in [3.05, 3.63) is 33.9 Å². The summed E-state index contributed by atoms with van der Waals surface area (Å²) in [4.78, 5) is 22.2. The highest BCUT2D eigenvalue weighted by Gasteiger charge is 2.17. The van der Waals surface area contributed by atoms with Gasteiger partial charge in [-0.05, 0) is 37.5 Å². The molecular formula is C13H19N3O3S. The van der Waals surface area contributed by atoms with E-state index in [1.165, 1.54) is 25.2 Å². The fraction of sp³-hybridized carbons (Fsp3) is 0.462. The minimum absolute atomic E-state index is 0.0198. The van der Waals surface area contributed by atoms with Gasteiger partial charge in [0.05, 0.1) is 4.92 Å². The Bertz CT molecular complexity index is 494. The van der Waals surface area contributed by atoms with Gasteiger partial charge in [0, 0.05) is 24.7 Å². The number of nitrogens with zero attached hydrogens (tertiary/aromatic N) is 1. The smallest absolute Gasteiger partial charge is 0.292 e. The van der Waals surface area contributed by atoms with Gasteiger partial charge in [0.2, 0.25) is 0 Å². The molecule has 0 heterocycles. The molecule has 1 aromatic rings. The van der Waals surface area contributed by atoms with Gasteiger partial charge < -0.3 is 10.6 Å². The SMILES string of the molecule is CNC(=O)c1ccc([N+](=O)[O-])c(NC(C)CCSC)c1. The second kappa shape index (κ2) is 7.74. The summed E-state index contributed by atoms with van der Waals surface area (Å²) in [5, 5.41) is 16.6. The van der Waals surface area contributed by atoms with Crippen LogP contribution in [0.1, 0.15) is 23.7 Å². The van der Waals surface area contributed by atoms with Gasteiger partial charge in [-0.15, -0.1) is 0 Å². The van der Waals surface area contributed by atoms with Crippen LogP contribution in [0.25, 0.3) is 0 Å². The normalized spacial score (nSPS) is 11.8. The summed E-state index contributed by atoms with van der Waals surface area (Å²) >= 11 is 1.72. The van der Waals surface area contributed by atoms with Gasteiger partial charge in [-0.3, -0.25) is 14.9 Å². The van der Waals surface area contributed by atoms with Crippen molar-refractivity contribution in [2.45, 2.75) is 19.4 Å². The highest BCUT2D eigenvalue weighted by atomic mass is 32.2. The number of benzene rings is 1. The average molecular weight is 297 g/mol. The minimum atomic E-state index is -0.447. The first-order chi connectivity index (χ1) is 9.49. The Balaban J connectivity index is 2.99. The second-order valence-electron chi connectivity index (χ2n) is 4.40. The Hall–Kier alpha value is -1.76. The topological polar surface area (TPSA) is 84.3 Å². The van der Waals surface area contributed by atoms with Crippen molar-refractivity contribution in [2.24, 2.45) is 0 Å². The molecule has 1 rings (SSSR count). The molecule has 2 N–H and O–H groups in total. The van der Waals surface area contributed by atoms with Crippen molar-refractivity contribution in [3.8, 4) is 0 Å². The van der Waals surface area contributed by atoms with Crippen LogP contribution in [0, 0.1) is 10.1 Å². The molecule has 6 nitrogen and oxygen atoms in total. The molecule has 110 valence electrons. The molecule has 20 heavy (non-hydrogen) atoms. The average Bonchev–Trinajstić information content (AvgIpc) is 2.43. The molecule has 0 bridgehead atoms. The van der Waals surface area contributed by atoms with Crippen molar-refractivity contribution in [3.63, 3.8) is 0 Å². The van der Waals surface area contributed by atoms with Gasteiger partial charge >= 0.3 is 0 Å². The summed E-state index contributed by atoms with van der Waals surface area (Å²) in [7, 11) is 1.53. The van der Waals surface area contributed by atoms with Crippen LogP contribution in [0.3, 0.4) is 0 Å². The predicted molar refractivity (Wildman–Crippen MR) is 82.6 cm³/mol. The molecule has 7 heteroatoms. The highest BCUT2D eigenvalue weighted by Crippen LogP contribution is 2.26. The first-order valence-corrected chi connectivity index (χ1v) is 7.65. The number of nitro groups is 1. The Labute approximate surface area is 122 Å². The van der Waals surface area contributed by atoms with E-state index < -0.39 is 4.92 Å². The maximum Gasteiger partial charge on any atom is 0.292 e. The quantitative estimate of drug-likeness (QED) is 0.596. The van der Waals surface area contributed by atoms with Gasteiger partial charge in [0.15, 0.2) is 0 Å². The van der Waals surface area contributed by atoms with Gasteiger partial charge in [0.25, 0.3) is 11.6 Å². The molecule has 0 saturated heterocycles. The van der Waals surface area contributed by atoms with Crippen LogP contribution in [-0.2, 0) is 0 Å². The van der Waals surface area contributed by atoms with Crippen molar-refractivity contribution >= 4 is 29.0 Å². The number of anilines is 1. The molecule has 1 aromatic carbocycles. The van der Waals surface area contributed by atoms with Crippen LogP contribution in [0.15, 0.2) is 18.2 Å². The van der Waals surface area contributed by atoms with Crippen LogP contribution < -0.4 is 10.6 Å². The molecule has 0 aliphatic heterocycles. The predicted octanol–water partition coefficient (Wildman–Crippen LogP) is 2.51. The maximum absolute atomic E-state index is 11.6. The van der Waals surface area contributed by atoms with Crippen LogP contribution in [-0.4, -0.2) is 35.9 Å². The third kappa shape index (κ3) is 4.41. The molecule has 1 amide bonds. The number of nitro benzene ring substituents is 1. The molecule has 0 saturated carbocycles. The zero-order valence-corrected chi connectivity index (χ0v) is 12.6. The lowest BCUT2D eigenvalue weighted by atomic mass is 10.1. The number of nitrogens with one attached hydrogen (secondary N) is 2. The first-order valence-electron chi connectivity index (χ1n) is 6.25. The lowest BCUT2D eigenvalue weighted by Crippen LogP contribution is -2.20. The van der Waals surface area contributed by atoms with E-state index in [0.29, 0.717) is 11.3 Å². The van der Waals surface area contributed by atoms with E-state index in [1.54, 1.807) is 11.8 Å². The van der Waals surface area contributed by atoms with Gasteiger partial charge in [0.1, 0.15) is 5.69 Å². The molecule has 1 unspecified atom stereocenters. The van der Waals surface area contributed by atoms with E-state index in [-0.39, 0.29) is 17.6 Å². The molecule has 0 fully saturated rings. The number of hydrogen-bond acceptors (Lipinski definition) is 5. The Morgan fingerprint density at radius 1 is 1.50 bits per heavy atom. The van der Waals surface area contributed by atoms with E-state index >= 15 is 0 Å². The van der Waals surface area contributed by atoms with E-state index in [1.807, 2.05) is 13.2 Å². The number of carbonyl (C=O) groups is 1. The van der Waals surface area contributed by atoms with Crippen LogP contribution in [0.5, 0.6) is 0 Å². The number of rotatable bonds is 7. The number of hydrogen-bond donors (Lipinski definition) is 2. The number of thioether (sulfide) groups is 1. The Kier molecular flexibility index (Phi) is 6.30. The molecule has 0 spiro atoms. The monoisotopic (exact) mass is 297 g/mol. The molecule has 0 aromatic heterocycles. The summed E-state index contributed by atoms with van der Waals surface area (Å²) in [6, 6.07) is 4.43. The van der Waals surface area contributed by atoms with E-state index in [2.05, 4.69) is 10.6 Å². The molecule has 0 aliphatic rings. The van der Waals surface area contributed by atoms with E-state index in [4.69, 9.17) is 0 Å². The van der Waals surface area contributed by atoms with Crippen LogP contribution in [0.4, 0.5) is 11.4 Å². The summed E-state index contributed by atoms with van der Waals surface area (Å²) < 4.78 is 0. The minimum Gasteiger partial charge on any atom is -0.377 e. The third-order valence-corrected chi connectivity index (χ3v) is 3.48. The fourth-order valence-corrected chi connectivity index (χ4v) is 2.32. The number of carbonyl (C=O) groups excluding carboxylic acids is 1. The van der Waals surface area contributed by atoms with Crippen LogP contribution >= 0.6 is 11.8 Å².